The first kappa shape index (κ1) is 14.0. The lowest BCUT2D eigenvalue weighted by molar-refractivity contribution is -0.130. The molecule has 15 heavy (non-hydrogen) atoms. The van der Waals surface area contributed by atoms with Gasteiger partial charge < -0.3 is 10.2 Å². The number of unbranched alkanes of at least 4 members (excludes halogenated alkanes) is 5. The molecule has 0 bridgehead atoms. The van der Waals surface area contributed by atoms with E-state index in [-0.39, 0.29) is 0 Å². The third kappa shape index (κ3) is 10.9. The highest BCUT2D eigenvalue weighted by Gasteiger charge is 1.99. The van der Waals surface area contributed by atoms with Gasteiger partial charge in [0.15, 0.2) is 0 Å². The van der Waals surface area contributed by atoms with Gasteiger partial charge in [-0.2, -0.15) is 0 Å². The Kier molecular flexibility index (Phi) is 8.90. The first-order valence-electron chi connectivity index (χ1n) is 5.59. The van der Waals surface area contributed by atoms with Crippen LogP contribution in [0.3, 0.4) is 0 Å². The predicted octanol–water partition coefficient (Wildman–Crippen LogP) is 2.19. The van der Waals surface area contributed by atoms with Crippen molar-refractivity contribution in [1.82, 2.24) is 0 Å². The smallest absolute Gasteiger partial charge is 0.381 e. The van der Waals surface area contributed by atoms with E-state index < -0.39 is 12.1 Å². The van der Waals surface area contributed by atoms with Gasteiger partial charge in [0.2, 0.25) is 0 Å². The summed E-state index contributed by atoms with van der Waals surface area (Å²) in [6.45, 7) is 2.17. The normalized spacial score (nSPS) is 11.6. The fraction of sp³-hybridized carbons (Fsp3) is 0.750. The van der Waals surface area contributed by atoms with Crippen LogP contribution in [0.1, 0.15) is 51.9 Å². The van der Waals surface area contributed by atoms with Crippen molar-refractivity contribution in [2.75, 3.05) is 0 Å². The van der Waals surface area contributed by atoms with Crippen LogP contribution in [-0.2, 0) is 4.79 Å². The number of aliphatic carboxylic acids is 1. The van der Waals surface area contributed by atoms with Gasteiger partial charge in [0.1, 0.15) is 6.10 Å². The lowest BCUT2D eigenvalue weighted by Gasteiger charge is -2.02. The van der Waals surface area contributed by atoms with Crippen LogP contribution >= 0.6 is 0 Å². The Labute approximate surface area is 91.5 Å². The molecule has 0 aliphatic carbocycles. The maximum atomic E-state index is 10.1. The minimum atomic E-state index is -1.18. The molecule has 86 valence electrons. The number of hydrogen-bond acceptors (Lipinski definition) is 2. The number of aliphatic hydroxyl groups excluding tert-OH is 1. The third-order valence-corrected chi connectivity index (χ3v) is 2.18. The largest absolute Gasteiger partial charge is 0.472 e. The Hall–Kier alpha value is -1.01. The second-order valence-corrected chi connectivity index (χ2v) is 3.65. The summed E-state index contributed by atoms with van der Waals surface area (Å²) < 4.78 is 0. The summed E-state index contributed by atoms with van der Waals surface area (Å²) >= 11 is 0. The quantitative estimate of drug-likeness (QED) is 0.502. The lowest BCUT2D eigenvalue weighted by atomic mass is 10.1. The van der Waals surface area contributed by atoms with Crippen molar-refractivity contribution in [2.24, 2.45) is 0 Å². The second kappa shape index (κ2) is 9.54. The van der Waals surface area contributed by atoms with Crippen LogP contribution in [0.2, 0.25) is 0 Å². The minimum Gasteiger partial charge on any atom is -0.472 e. The van der Waals surface area contributed by atoms with Gasteiger partial charge in [-0.05, 0) is 12.8 Å². The third-order valence-electron chi connectivity index (χ3n) is 2.18. The van der Waals surface area contributed by atoms with Gasteiger partial charge >= 0.3 is 5.97 Å². The van der Waals surface area contributed by atoms with Gasteiger partial charge in [-0.15, -0.1) is 0 Å². The van der Waals surface area contributed by atoms with Crippen molar-refractivity contribution in [2.45, 2.75) is 58.0 Å². The molecular weight excluding hydrogens is 192 g/mol. The fourth-order valence-electron chi connectivity index (χ4n) is 1.34. The van der Waals surface area contributed by atoms with E-state index in [1.54, 1.807) is 0 Å². The molecule has 1 atom stereocenters. The van der Waals surface area contributed by atoms with Crippen LogP contribution in [-0.4, -0.2) is 22.3 Å². The molecule has 3 heteroatoms. The Morgan fingerprint density at radius 1 is 1.20 bits per heavy atom. The highest BCUT2D eigenvalue weighted by molar-refractivity contribution is 5.86. The molecular formula is C12H20O3. The predicted molar refractivity (Wildman–Crippen MR) is 59.4 cm³/mol. The van der Waals surface area contributed by atoms with Crippen LogP contribution in [0, 0.1) is 11.8 Å². The molecule has 3 nitrogen and oxygen atoms in total. The Morgan fingerprint density at radius 3 is 2.40 bits per heavy atom. The van der Waals surface area contributed by atoms with Crippen molar-refractivity contribution in [3.05, 3.63) is 0 Å². The molecule has 0 rings (SSSR count). The fourth-order valence-corrected chi connectivity index (χ4v) is 1.34. The minimum absolute atomic E-state index is 0.576. The second-order valence-electron chi connectivity index (χ2n) is 3.65. The molecule has 0 amide bonds. The first-order valence-corrected chi connectivity index (χ1v) is 5.59. The van der Waals surface area contributed by atoms with Crippen LogP contribution in [0.5, 0.6) is 0 Å². The van der Waals surface area contributed by atoms with Gasteiger partial charge in [0, 0.05) is 5.92 Å². The van der Waals surface area contributed by atoms with Crippen LogP contribution in [0.25, 0.3) is 0 Å². The van der Waals surface area contributed by atoms with Gasteiger partial charge in [-0.3, -0.25) is 0 Å². The molecule has 0 aliphatic rings. The molecule has 2 N–H and O–H groups in total. The summed E-state index contributed by atoms with van der Waals surface area (Å²) in [6.07, 6.45) is 6.72. The van der Waals surface area contributed by atoms with Gasteiger partial charge in [-0.1, -0.05) is 44.9 Å². The zero-order chi connectivity index (χ0) is 11.5. The molecule has 0 saturated heterocycles. The van der Waals surface area contributed by atoms with Crippen LogP contribution in [0.4, 0.5) is 0 Å². The van der Waals surface area contributed by atoms with Crippen molar-refractivity contribution >= 4 is 5.97 Å². The van der Waals surface area contributed by atoms with E-state index >= 15 is 0 Å². The van der Waals surface area contributed by atoms with E-state index in [9.17, 15) is 9.90 Å². The first-order chi connectivity index (χ1) is 7.16. The monoisotopic (exact) mass is 212 g/mol. The van der Waals surface area contributed by atoms with Gasteiger partial charge in [0.25, 0.3) is 0 Å². The number of hydrogen-bond donors (Lipinski definition) is 2. The number of aliphatic hydroxyl groups is 1. The number of carbonyl (C=O) groups is 1. The van der Waals surface area contributed by atoms with Gasteiger partial charge in [-0.25, -0.2) is 4.79 Å². The molecule has 0 aromatic carbocycles. The Bertz CT molecular complexity index is 225. The highest BCUT2D eigenvalue weighted by atomic mass is 16.4. The summed E-state index contributed by atoms with van der Waals surface area (Å²) in [5.74, 6) is 3.03. The van der Waals surface area contributed by atoms with Gasteiger partial charge in [0.05, 0.1) is 0 Å². The number of carboxylic acid groups (broad SMARTS) is 1. The average molecular weight is 212 g/mol. The summed E-state index contributed by atoms with van der Waals surface area (Å²) in [4.78, 5) is 10.1. The van der Waals surface area contributed by atoms with Crippen molar-refractivity contribution < 1.29 is 15.0 Å². The zero-order valence-corrected chi connectivity index (χ0v) is 9.33. The molecule has 0 aromatic rings. The van der Waals surface area contributed by atoms with E-state index in [2.05, 4.69) is 12.8 Å². The Balaban J connectivity index is 3.36. The summed E-state index contributed by atoms with van der Waals surface area (Å²) in [5.41, 5.74) is 0. The van der Waals surface area contributed by atoms with E-state index in [1.165, 1.54) is 25.7 Å². The molecule has 0 fully saturated rings. The maximum absolute atomic E-state index is 10.1. The standard InChI is InChI=1S/C12H20O3/c1-2-3-4-5-6-7-8-11(13)9-10-12(14)15/h11,13H,2-8H2,1H3,(H,14,15)/t11-/m0/s1. The lowest BCUT2D eigenvalue weighted by Crippen LogP contribution is -2.03. The Morgan fingerprint density at radius 2 is 1.80 bits per heavy atom. The van der Waals surface area contributed by atoms with Crippen molar-refractivity contribution in [3.8, 4) is 11.8 Å². The maximum Gasteiger partial charge on any atom is 0.381 e. The average Bonchev–Trinajstić information content (AvgIpc) is 2.20. The molecule has 0 heterocycles. The molecule has 0 unspecified atom stereocenters. The molecule has 0 radical (unpaired) electrons. The zero-order valence-electron chi connectivity index (χ0n) is 9.33. The molecule has 0 spiro atoms. The van der Waals surface area contributed by atoms with Crippen molar-refractivity contribution in [1.29, 1.82) is 0 Å². The molecule has 0 aliphatic heterocycles. The van der Waals surface area contributed by atoms with E-state index in [1.807, 2.05) is 5.92 Å². The van der Waals surface area contributed by atoms with E-state index in [0.29, 0.717) is 6.42 Å². The SMILES string of the molecule is CCCCCCCC[C@H](O)C#CC(=O)O. The number of carboxylic acids is 1. The summed E-state index contributed by atoms with van der Waals surface area (Å²) in [6, 6.07) is 0. The van der Waals surface area contributed by atoms with Crippen LogP contribution < -0.4 is 0 Å². The van der Waals surface area contributed by atoms with E-state index in [4.69, 9.17) is 5.11 Å². The summed E-state index contributed by atoms with van der Waals surface area (Å²) in [7, 11) is 0. The molecule has 0 saturated carbocycles. The molecule has 0 aromatic heterocycles. The number of rotatable bonds is 7. The topological polar surface area (TPSA) is 57.5 Å². The highest BCUT2D eigenvalue weighted by Crippen LogP contribution is 2.08. The van der Waals surface area contributed by atoms with E-state index in [0.717, 1.165) is 12.8 Å². The van der Waals surface area contributed by atoms with Crippen molar-refractivity contribution in [3.63, 3.8) is 0 Å². The summed E-state index contributed by atoms with van der Waals surface area (Å²) in [5, 5.41) is 17.5. The van der Waals surface area contributed by atoms with Crippen LogP contribution in [0.15, 0.2) is 0 Å².